The molecule has 1 aromatic rings. The van der Waals surface area contributed by atoms with Gasteiger partial charge in [-0.1, -0.05) is 36.8 Å². The van der Waals surface area contributed by atoms with Crippen molar-refractivity contribution in [2.24, 2.45) is 0 Å². The van der Waals surface area contributed by atoms with E-state index in [4.69, 9.17) is 0 Å². The van der Waals surface area contributed by atoms with Crippen LogP contribution in [0.5, 0.6) is 0 Å². The molecular formula is C16H20O. The third kappa shape index (κ3) is 2.49. The number of allylic oxidation sites excluding steroid dienone is 2. The Bertz CT molecular complexity index is 448. The summed E-state index contributed by atoms with van der Waals surface area (Å²) in [4.78, 5) is 12.1. The first kappa shape index (κ1) is 12.1. The second-order valence-electron chi connectivity index (χ2n) is 4.80. The lowest BCUT2D eigenvalue weighted by Crippen LogP contribution is -2.05. The average Bonchev–Trinajstić information content (AvgIpc) is 2.27. The van der Waals surface area contributed by atoms with Crippen LogP contribution in [0.2, 0.25) is 0 Å². The van der Waals surface area contributed by atoms with Crippen molar-refractivity contribution in [3.63, 3.8) is 0 Å². The summed E-state index contributed by atoms with van der Waals surface area (Å²) in [5, 5.41) is 0. The van der Waals surface area contributed by atoms with E-state index in [1.165, 1.54) is 30.4 Å². The van der Waals surface area contributed by atoms with E-state index in [1.807, 2.05) is 18.2 Å². The van der Waals surface area contributed by atoms with E-state index in [0.29, 0.717) is 6.42 Å². The van der Waals surface area contributed by atoms with Crippen molar-refractivity contribution in [2.45, 2.75) is 46.0 Å². The second kappa shape index (κ2) is 5.31. The molecule has 0 heterocycles. The highest BCUT2D eigenvalue weighted by atomic mass is 16.1. The monoisotopic (exact) mass is 228 g/mol. The summed E-state index contributed by atoms with van der Waals surface area (Å²) in [5.74, 6) is 0.280. The number of hydrogen-bond acceptors (Lipinski definition) is 1. The molecule has 1 heteroatoms. The normalized spacial score (nSPS) is 14.4. The maximum absolute atomic E-state index is 12.1. The molecule has 90 valence electrons. The Morgan fingerprint density at radius 1 is 1.18 bits per heavy atom. The molecule has 17 heavy (non-hydrogen) atoms. The number of ketones is 1. The van der Waals surface area contributed by atoms with Gasteiger partial charge in [-0.3, -0.25) is 4.79 Å². The van der Waals surface area contributed by atoms with Gasteiger partial charge in [-0.2, -0.15) is 0 Å². The molecule has 0 aromatic heterocycles. The zero-order valence-corrected chi connectivity index (χ0v) is 10.8. The number of hydrogen-bond donors (Lipinski definition) is 0. The van der Waals surface area contributed by atoms with Gasteiger partial charge >= 0.3 is 0 Å². The van der Waals surface area contributed by atoms with Crippen LogP contribution in [0.4, 0.5) is 0 Å². The molecule has 0 saturated heterocycles. The lowest BCUT2D eigenvalue weighted by molar-refractivity contribution is 0.0981. The van der Waals surface area contributed by atoms with Gasteiger partial charge in [0.2, 0.25) is 0 Å². The molecule has 2 rings (SSSR count). The number of carbonyl (C=O) groups is 1. The minimum absolute atomic E-state index is 0.280. The Kier molecular flexibility index (Phi) is 3.78. The molecule has 0 amide bonds. The zero-order chi connectivity index (χ0) is 12.3. The van der Waals surface area contributed by atoms with Crippen LogP contribution in [-0.2, 0) is 0 Å². The van der Waals surface area contributed by atoms with Crippen molar-refractivity contribution >= 4 is 11.4 Å². The number of rotatable bonds is 4. The van der Waals surface area contributed by atoms with E-state index in [2.05, 4.69) is 19.9 Å². The molecule has 1 aliphatic carbocycles. The number of Topliss-reactive ketones (excluding diaryl/α,β-unsaturated/α-hetero) is 1. The minimum atomic E-state index is 0.280. The zero-order valence-electron chi connectivity index (χ0n) is 10.8. The maximum Gasteiger partial charge on any atom is 0.163 e. The van der Waals surface area contributed by atoms with Crippen LogP contribution in [0.3, 0.4) is 0 Å². The third-order valence-corrected chi connectivity index (χ3v) is 3.60. The molecule has 0 bridgehead atoms. The van der Waals surface area contributed by atoms with Gasteiger partial charge in [0, 0.05) is 12.0 Å². The average molecular weight is 228 g/mol. The van der Waals surface area contributed by atoms with Crippen molar-refractivity contribution in [3.8, 4) is 0 Å². The highest BCUT2D eigenvalue weighted by molar-refractivity contribution is 6.00. The van der Waals surface area contributed by atoms with Crippen LogP contribution in [0.15, 0.2) is 29.8 Å². The highest BCUT2D eigenvalue weighted by Crippen LogP contribution is 2.34. The van der Waals surface area contributed by atoms with Crippen LogP contribution in [0.1, 0.15) is 61.9 Å². The highest BCUT2D eigenvalue weighted by Gasteiger charge is 2.16. The summed E-state index contributed by atoms with van der Waals surface area (Å²) in [6.07, 6.45) is 5.30. The van der Waals surface area contributed by atoms with Crippen molar-refractivity contribution in [2.75, 3.05) is 0 Å². The molecule has 1 fully saturated rings. The lowest BCUT2D eigenvalue weighted by Gasteiger charge is -2.21. The largest absolute Gasteiger partial charge is 0.294 e. The molecule has 0 radical (unpaired) electrons. The van der Waals surface area contributed by atoms with Crippen LogP contribution in [-0.4, -0.2) is 5.78 Å². The first-order valence-corrected chi connectivity index (χ1v) is 6.55. The summed E-state index contributed by atoms with van der Waals surface area (Å²) >= 11 is 0. The number of benzene rings is 1. The Morgan fingerprint density at radius 3 is 2.35 bits per heavy atom. The summed E-state index contributed by atoms with van der Waals surface area (Å²) in [6.45, 7) is 4.21. The smallest absolute Gasteiger partial charge is 0.163 e. The second-order valence-corrected chi connectivity index (χ2v) is 4.80. The Labute approximate surface area is 104 Å². The maximum atomic E-state index is 12.1. The summed E-state index contributed by atoms with van der Waals surface area (Å²) < 4.78 is 0. The van der Waals surface area contributed by atoms with Gasteiger partial charge in [-0.25, -0.2) is 0 Å². The van der Waals surface area contributed by atoms with Gasteiger partial charge < -0.3 is 0 Å². The molecule has 0 unspecified atom stereocenters. The van der Waals surface area contributed by atoms with Crippen LogP contribution in [0, 0.1) is 0 Å². The molecule has 1 aromatic carbocycles. The Morgan fingerprint density at radius 2 is 1.82 bits per heavy atom. The van der Waals surface area contributed by atoms with Crippen molar-refractivity contribution < 1.29 is 4.79 Å². The molecule has 1 nitrogen and oxygen atoms in total. The van der Waals surface area contributed by atoms with E-state index in [9.17, 15) is 4.79 Å². The van der Waals surface area contributed by atoms with Gasteiger partial charge in [0.1, 0.15) is 0 Å². The standard InChI is InChI=1S/C16H20O/c1-3-7-16(17)15-11-5-4-10-14(15)12(2)13-8-6-9-13/h4-5,10-11H,3,6-9H2,1-2H3. The first-order chi connectivity index (χ1) is 8.24. The topological polar surface area (TPSA) is 17.1 Å². The van der Waals surface area contributed by atoms with E-state index < -0.39 is 0 Å². The summed E-state index contributed by atoms with van der Waals surface area (Å²) in [6, 6.07) is 8.05. The molecule has 0 spiro atoms. The molecule has 0 aliphatic heterocycles. The Hall–Kier alpha value is -1.37. The lowest BCUT2D eigenvalue weighted by atomic mass is 9.84. The van der Waals surface area contributed by atoms with Gasteiger partial charge in [0.25, 0.3) is 0 Å². The van der Waals surface area contributed by atoms with Gasteiger partial charge in [-0.15, -0.1) is 0 Å². The van der Waals surface area contributed by atoms with Crippen LogP contribution in [0.25, 0.3) is 5.57 Å². The van der Waals surface area contributed by atoms with Crippen molar-refractivity contribution in [1.29, 1.82) is 0 Å². The molecule has 0 N–H and O–H groups in total. The van der Waals surface area contributed by atoms with Crippen molar-refractivity contribution in [3.05, 3.63) is 41.0 Å². The van der Waals surface area contributed by atoms with E-state index in [-0.39, 0.29) is 5.78 Å². The quantitative estimate of drug-likeness (QED) is 0.687. The Balaban J connectivity index is 2.37. The predicted octanol–water partition coefficient (Wildman–Crippen LogP) is 4.63. The van der Waals surface area contributed by atoms with Crippen molar-refractivity contribution in [1.82, 2.24) is 0 Å². The predicted molar refractivity (Wildman–Crippen MR) is 72.1 cm³/mol. The first-order valence-electron chi connectivity index (χ1n) is 6.55. The van der Waals surface area contributed by atoms with Gasteiger partial charge in [0.05, 0.1) is 0 Å². The SMILES string of the molecule is CCCC(=O)c1ccccc1C(C)=C1CCC1. The van der Waals surface area contributed by atoms with Crippen LogP contribution < -0.4 is 0 Å². The third-order valence-electron chi connectivity index (χ3n) is 3.60. The van der Waals surface area contributed by atoms with Gasteiger partial charge in [-0.05, 0) is 43.7 Å². The fourth-order valence-electron chi connectivity index (χ4n) is 2.33. The fourth-order valence-corrected chi connectivity index (χ4v) is 2.33. The van der Waals surface area contributed by atoms with Gasteiger partial charge in [0.15, 0.2) is 5.78 Å². The van der Waals surface area contributed by atoms with E-state index >= 15 is 0 Å². The summed E-state index contributed by atoms with van der Waals surface area (Å²) in [5.41, 5.74) is 4.92. The van der Waals surface area contributed by atoms with E-state index in [0.717, 1.165) is 17.5 Å². The molecule has 1 aliphatic rings. The molecule has 1 saturated carbocycles. The molecular weight excluding hydrogens is 208 g/mol. The minimum Gasteiger partial charge on any atom is -0.294 e. The fraction of sp³-hybridized carbons (Fsp3) is 0.438. The van der Waals surface area contributed by atoms with Crippen LogP contribution >= 0.6 is 0 Å². The molecule has 0 atom stereocenters. The summed E-state index contributed by atoms with van der Waals surface area (Å²) in [7, 11) is 0. The van der Waals surface area contributed by atoms with E-state index in [1.54, 1.807) is 0 Å². The number of carbonyl (C=O) groups excluding carboxylic acids is 1.